The van der Waals surface area contributed by atoms with Gasteiger partial charge in [-0.05, 0) is 24.3 Å². The number of ether oxygens (including phenoxy) is 1. The fourth-order valence-electron chi connectivity index (χ4n) is 2.84. The lowest BCUT2D eigenvalue weighted by atomic mass is 10.1. The van der Waals surface area contributed by atoms with Gasteiger partial charge in [0.15, 0.2) is 11.5 Å². The molecular weight excluding hydrogens is 320 g/mol. The van der Waals surface area contributed by atoms with E-state index in [4.69, 9.17) is 4.74 Å². The summed E-state index contributed by atoms with van der Waals surface area (Å²) in [5, 5.41) is 23.8. The third-order valence-corrected chi connectivity index (χ3v) is 4.01. The van der Waals surface area contributed by atoms with Crippen LogP contribution >= 0.6 is 0 Å². The third-order valence-electron chi connectivity index (χ3n) is 4.01. The van der Waals surface area contributed by atoms with Crippen LogP contribution in [0, 0.1) is 0 Å². The van der Waals surface area contributed by atoms with Gasteiger partial charge in [-0.3, -0.25) is 4.79 Å². The average Bonchev–Trinajstić information content (AvgIpc) is 3.05. The van der Waals surface area contributed by atoms with Crippen LogP contribution in [0.1, 0.15) is 5.69 Å². The minimum absolute atomic E-state index is 0.170. The zero-order chi connectivity index (χ0) is 17.4. The molecule has 124 valence electrons. The summed E-state index contributed by atoms with van der Waals surface area (Å²) in [6.07, 6.45) is -0.170. The number of aromatic nitrogens is 4. The van der Waals surface area contributed by atoms with Crippen molar-refractivity contribution in [2.75, 3.05) is 7.11 Å². The normalized spacial score (nSPS) is 11.1. The highest BCUT2D eigenvalue weighted by molar-refractivity contribution is 5.96. The van der Waals surface area contributed by atoms with Gasteiger partial charge in [0, 0.05) is 16.3 Å². The van der Waals surface area contributed by atoms with Gasteiger partial charge in [-0.25, -0.2) is 0 Å². The van der Waals surface area contributed by atoms with Gasteiger partial charge < -0.3 is 9.84 Å². The Kier molecular flexibility index (Phi) is 3.53. The number of aliphatic carboxylic acids is 1. The summed E-state index contributed by atoms with van der Waals surface area (Å²) in [5.74, 6) is 0.355. The molecule has 4 aromatic rings. The van der Waals surface area contributed by atoms with Gasteiger partial charge in [0.2, 0.25) is 0 Å². The van der Waals surface area contributed by atoms with E-state index in [9.17, 15) is 9.90 Å². The Bertz CT molecular complexity index is 1090. The standard InChI is InChI=1S/C18H14N4O3/c1-25-12-8-6-11(7-9-12)17-19-20-18-14-5-3-2-4-13(14)15(10-16(23)24)21-22(17)18/h2-9H,10H2,1H3,(H,23,24). The molecule has 0 fully saturated rings. The molecule has 0 saturated heterocycles. The minimum atomic E-state index is -0.934. The molecule has 0 aliphatic rings. The van der Waals surface area contributed by atoms with Crippen LogP contribution < -0.4 is 4.74 Å². The molecule has 2 heterocycles. The van der Waals surface area contributed by atoms with Gasteiger partial charge >= 0.3 is 5.97 Å². The van der Waals surface area contributed by atoms with Crippen molar-refractivity contribution in [2.24, 2.45) is 0 Å². The molecule has 4 rings (SSSR count). The number of rotatable bonds is 4. The maximum absolute atomic E-state index is 11.2. The minimum Gasteiger partial charge on any atom is -0.497 e. The predicted molar refractivity (Wildman–Crippen MR) is 91.6 cm³/mol. The van der Waals surface area contributed by atoms with Crippen molar-refractivity contribution >= 4 is 22.4 Å². The van der Waals surface area contributed by atoms with Gasteiger partial charge in [-0.15, -0.1) is 10.2 Å². The van der Waals surface area contributed by atoms with Gasteiger partial charge in [-0.2, -0.15) is 9.61 Å². The van der Waals surface area contributed by atoms with E-state index < -0.39 is 5.97 Å². The van der Waals surface area contributed by atoms with E-state index in [1.807, 2.05) is 48.5 Å². The van der Waals surface area contributed by atoms with Crippen molar-refractivity contribution in [2.45, 2.75) is 6.42 Å². The highest BCUT2D eigenvalue weighted by Crippen LogP contribution is 2.26. The van der Waals surface area contributed by atoms with Gasteiger partial charge in [0.25, 0.3) is 0 Å². The van der Waals surface area contributed by atoms with E-state index in [-0.39, 0.29) is 6.42 Å². The van der Waals surface area contributed by atoms with E-state index in [0.29, 0.717) is 17.2 Å². The van der Waals surface area contributed by atoms with Gasteiger partial charge in [0.1, 0.15) is 5.75 Å². The van der Waals surface area contributed by atoms with Crippen molar-refractivity contribution in [1.82, 2.24) is 19.8 Å². The van der Waals surface area contributed by atoms with Crippen LogP contribution in [0.2, 0.25) is 0 Å². The molecule has 2 aromatic carbocycles. The van der Waals surface area contributed by atoms with Crippen molar-refractivity contribution < 1.29 is 14.6 Å². The number of carboxylic acid groups (broad SMARTS) is 1. The summed E-state index contributed by atoms with van der Waals surface area (Å²) in [7, 11) is 1.60. The Morgan fingerprint density at radius 1 is 1.08 bits per heavy atom. The molecular formula is C18H14N4O3. The van der Waals surface area contributed by atoms with Crippen molar-refractivity contribution in [3.05, 3.63) is 54.2 Å². The number of carbonyl (C=O) groups is 1. The van der Waals surface area contributed by atoms with E-state index >= 15 is 0 Å². The number of carboxylic acids is 1. The summed E-state index contributed by atoms with van der Waals surface area (Å²) in [6, 6.07) is 14.9. The van der Waals surface area contributed by atoms with Crippen LogP contribution in [0.4, 0.5) is 0 Å². The van der Waals surface area contributed by atoms with Crippen LogP contribution in [0.3, 0.4) is 0 Å². The Balaban J connectivity index is 1.98. The molecule has 0 amide bonds. The zero-order valence-corrected chi connectivity index (χ0v) is 13.4. The molecule has 0 aliphatic heterocycles. The first-order valence-corrected chi connectivity index (χ1v) is 7.66. The molecule has 0 aliphatic carbocycles. The number of nitrogens with zero attached hydrogens (tertiary/aromatic N) is 4. The largest absolute Gasteiger partial charge is 0.497 e. The first-order chi connectivity index (χ1) is 12.2. The van der Waals surface area contributed by atoms with Crippen LogP contribution in [0.15, 0.2) is 48.5 Å². The quantitative estimate of drug-likeness (QED) is 0.617. The molecule has 0 unspecified atom stereocenters. The smallest absolute Gasteiger partial charge is 0.309 e. The highest BCUT2D eigenvalue weighted by atomic mass is 16.5. The first kappa shape index (κ1) is 15.1. The van der Waals surface area contributed by atoms with Crippen LogP contribution in [-0.2, 0) is 11.2 Å². The van der Waals surface area contributed by atoms with E-state index in [2.05, 4.69) is 15.3 Å². The molecule has 7 heteroatoms. The van der Waals surface area contributed by atoms with Crippen molar-refractivity contribution in [3.8, 4) is 17.1 Å². The second kappa shape index (κ2) is 5.86. The first-order valence-electron chi connectivity index (χ1n) is 7.66. The number of hydrogen-bond donors (Lipinski definition) is 1. The SMILES string of the molecule is COc1ccc(-c2nnc3c4ccccc4c(CC(=O)O)nn23)cc1. The number of hydrogen-bond acceptors (Lipinski definition) is 5. The zero-order valence-electron chi connectivity index (χ0n) is 13.4. The van der Waals surface area contributed by atoms with Gasteiger partial charge in [-0.1, -0.05) is 24.3 Å². The lowest BCUT2D eigenvalue weighted by Crippen LogP contribution is -2.07. The fraction of sp³-hybridized carbons (Fsp3) is 0.111. The lowest BCUT2D eigenvalue weighted by Gasteiger charge is -2.07. The number of benzene rings is 2. The molecule has 25 heavy (non-hydrogen) atoms. The predicted octanol–water partition coefficient (Wildman–Crippen LogP) is 2.58. The summed E-state index contributed by atoms with van der Waals surface area (Å²) >= 11 is 0. The van der Waals surface area contributed by atoms with Crippen LogP contribution in [-0.4, -0.2) is 38.0 Å². The molecule has 0 saturated carbocycles. The van der Waals surface area contributed by atoms with Crippen LogP contribution in [0.25, 0.3) is 27.8 Å². The van der Waals surface area contributed by atoms with Crippen molar-refractivity contribution in [1.29, 1.82) is 0 Å². The second-order valence-corrected chi connectivity index (χ2v) is 5.55. The van der Waals surface area contributed by atoms with E-state index in [1.54, 1.807) is 11.6 Å². The topological polar surface area (TPSA) is 89.6 Å². The molecule has 2 aromatic heterocycles. The maximum Gasteiger partial charge on any atom is 0.309 e. The van der Waals surface area contributed by atoms with E-state index in [1.165, 1.54) is 0 Å². The third kappa shape index (κ3) is 2.55. The Morgan fingerprint density at radius 3 is 2.48 bits per heavy atom. The van der Waals surface area contributed by atoms with Crippen molar-refractivity contribution in [3.63, 3.8) is 0 Å². The molecule has 0 spiro atoms. The maximum atomic E-state index is 11.2. The summed E-state index contributed by atoms with van der Waals surface area (Å²) < 4.78 is 6.77. The monoisotopic (exact) mass is 334 g/mol. The average molecular weight is 334 g/mol. The van der Waals surface area contributed by atoms with Crippen LogP contribution in [0.5, 0.6) is 5.75 Å². The highest BCUT2D eigenvalue weighted by Gasteiger charge is 2.16. The number of methoxy groups -OCH3 is 1. The Morgan fingerprint density at radius 2 is 1.80 bits per heavy atom. The summed E-state index contributed by atoms with van der Waals surface area (Å²) in [5.41, 5.74) is 1.89. The molecule has 0 atom stereocenters. The molecule has 1 N–H and O–H groups in total. The summed E-state index contributed by atoms with van der Waals surface area (Å²) in [4.78, 5) is 11.2. The second-order valence-electron chi connectivity index (χ2n) is 5.55. The van der Waals surface area contributed by atoms with E-state index in [0.717, 1.165) is 22.1 Å². The molecule has 7 nitrogen and oxygen atoms in total. The summed E-state index contributed by atoms with van der Waals surface area (Å²) in [6.45, 7) is 0. The molecule has 0 bridgehead atoms. The Labute approximate surface area is 142 Å². The molecule has 0 radical (unpaired) electrons. The fourth-order valence-corrected chi connectivity index (χ4v) is 2.84. The lowest BCUT2D eigenvalue weighted by molar-refractivity contribution is -0.136. The Hall–Kier alpha value is -3.48. The number of fused-ring (bicyclic) bond motifs is 3. The van der Waals surface area contributed by atoms with Gasteiger partial charge in [0.05, 0.1) is 19.2 Å².